The standard InChI is InChI=1S/C15H27N5O/c1-4-6-12-13(16)14(18-17-12)15(21)19(3)11-7-9-20(5-2)10-8-11/h11H,4-10,16H2,1-3H3,(H,17,18). The Labute approximate surface area is 126 Å². The first kappa shape index (κ1) is 15.8. The van der Waals surface area contributed by atoms with E-state index in [0.29, 0.717) is 11.4 Å². The van der Waals surface area contributed by atoms with Crippen LogP contribution < -0.4 is 5.73 Å². The second-order valence-corrected chi connectivity index (χ2v) is 5.80. The second kappa shape index (κ2) is 6.93. The molecule has 0 spiro atoms. The maximum absolute atomic E-state index is 12.6. The molecule has 118 valence electrons. The minimum Gasteiger partial charge on any atom is -0.395 e. The summed E-state index contributed by atoms with van der Waals surface area (Å²) in [5, 5.41) is 7.03. The average Bonchev–Trinajstić information content (AvgIpc) is 2.87. The number of H-pyrrole nitrogens is 1. The average molecular weight is 293 g/mol. The van der Waals surface area contributed by atoms with E-state index in [-0.39, 0.29) is 11.9 Å². The topological polar surface area (TPSA) is 78.2 Å². The minimum atomic E-state index is -0.0685. The molecule has 1 aliphatic heterocycles. The predicted octanol–water partition coefficient (Wildman–Crippen LogP) is 1.50. The third-order valence-corrected chi connectivity index (χ3v) is 4.46. The number of aromatic amines is 1. The molecule has 1 fully saturated rings. The summed E-state index contributed by atoms with van der Waals surface area (Å²) in [5.74, 6) is -0.0685. The highest BCUT2D eigenvalue weighted by Crippen LogP contribution is 2.21. The lowest BCUT2D eigenvalue weighted by Crippen LogP contribution is -2.45. The summed E-state index contributed by atoms with van der Waals surface area (Å²) in [7, 11) is 1.86. The van der Waals surface area contributed by atoms with Gasteiger partial charge in [-0.05, 0) is 25.8 Å². The van der Waals surface area contributed by atoms with E-state index in [1.54, 1.807) is 0 Å². The van der Waals surface area contributed by atoms with Gasteiger partial charge in [-0.2, -0.15) is 5.10 Å². The molecule has 0 radical (unpaired) electrons. The maximum Gasteiger partial charge on any atom is 0.276 e. The number of piperidine rings is 1. The number of carbonyl (C=O) groups excluding carboxylic acids is 1. The van der Waals surface area contributed by atoms with E-state index < -0.39 is 0 Å². The highest BCUT2D eigenvalue weighted by molar-refractivity contribution is 5.97. The number of anilines is 1. The van der Waals surface area contributed by atoms with Crippen molar-refractivity contribution in [3.05, 3.63) is 11.4 Å². The molecule has 1 amide bonds. The smallest absolute Gasteiger partial charge is 0.276 e. The van der Waals surface area contributed by atoms with Gasteiger partial charge in [0.25, 0.3) is 5.91 Å². The fourth-order valence-corrected chi connectivity index (χ4v) is 2.95. The molecule has 0 aromatic carbocycles. The largest absolute Gasteiger partial charge is 0.395 e. The number of likely N-dealkylation sites (tertiary alicyclic amines) is 1. The molecule has 2 rings (SSSR count). The third-order valence-electron chi connectivity index (χ3n) is 4.46. The number of nitrogens with zero attached hydrogens (tertiary/aromatic N) is 3. The Morgan fingerprint density at radius 3 is 2.67 bits per heavy atom. The van der Waals surface area contributed by atoms with Gasteiger partial charge < -0.3 is 15.5 Å². The Morgan fingerprint density at radius 1 is 1.43 bits per heavy atom. The van der Waals surface area contributed by atoms with Crippen molar-refractivity contribution in [3.8, 4) is 0 Å². The van der Waals surface area contributed by atoms with Gasteiger partial charge >= 0.3 is 0 Å². The van der Waals surface area contributed by atoms with Crippen LogP contribution in [0.4, 0.5) is 5.69 Å². The zero-order chi connectivity index (χ0) is 15.4. The van der Waals surface area contributed by atoms with Crippen LogP contribution in [0.3, 0.4) is 0 Å². The van der Waals surface area contributed by atoms with Crippen molar-refractivity contribution in [1.29, 1.82) is 0 Å². The molecule has 0 aliphatic carbocycles. The SMILES string of the molecule is CCCc1[nH]nc(C(=O)N(C)C2CCN(CC)CC2)c1N. The molecule has 1 aliphatic rings. The fourth-order valence-electron chi connectivity index (χ4n) is 2.95. The summed E-state index contributed by atoms with van der Waals surface area (Å²) in [6.45, 7) is 7.44. The van der Waals surface area contributed by atoms with Gasteiger partial charge in [0.15, 0.2) is 5.69 Å². The predicted molar refractivity (Wildman–Crippen MR) is 84.2 cm³/mol. The molecule has 1 aromatic heterocycles. The van der Waals surface area contributed by atoms with Gasteiger partial charge in [-0.15, -0.1) is 0 Å². The molecule has 0 bridgehead atoms. The molecule has 1 aromatic rings. The van der Waals surface area contributed by atoms with Gasteiger partial charge in [0, 0.05) is 26.2 Å². The molecule has 21 heavy (non-hydrogen) atoms. The number of hydrogen-bond acceptors (Lipinski definition) is 4. The summed E-state index contributed by atoms with van der Waals surface area (Å²) in [4.78, 5) is 16.8. The van der Waals surface area contributed by atoms with E-state index in [0.717, 1.165) is 51.0 Å². The van der Waals surface area contributed by atoms with Gasteiger partial charge in [0.05, 0.1) is 11.4 Å². The van der Waals surface area contributed by atoms with Crippen LogP contribution in [0.25, 0.3) is 0 Å². The van der Waals surface area contributed by atoms with Gasteiger partial charge in [-0.3, -0.25) is 9.89 Å². The summed E-state index contributed by atoms with van der Waals surface area (Å²) in [6.07, 6.45) is 3.83. The Morgan fingerprint density at radius 2 is 2.10 bits per heavy atom. The maximum atomic E-state index is 12.6. The molecule has 6 nitrogen and oxygen atoms in total. The monoisotopic (exact) mass is 293 g/mol. The van der Waals surface area contributed by atoms with E-state index in [4.69, 9.17) is 5.73 Å². The molecule has 0 unspecified atom stereocenters. The molecular formula is C15H27N5O. The number of nitrogens with two attached hydrogens (primary N) is 1. The number of aromatic nitrogens is 2. The summed E-state index contributed by atoms with van der Waals surface area (Å²) < 4.78 is 0. The minimum absolute atomic E-state index is 0.0685. The van der Waals surface area contributed by atoms with Crippen molar-refractivity contribution < 1.29 is 4.79 Å². The number of nitrogen functional groups attached to an aromatic ring is 1. The molecule has 6 heteroatoms. The van der Waals surface area contributed by atoms with Crippen molar-refractivity contribution in [2.75, 3.05) is 32.4 Å². The fraction of sp³-hybridized carbons (Fsp3) is 0.733. The van der Waals surface area contributed by atoms with Crippen molar-refractivity contribution in [2.24, 2.45) is 0 Å². The van der Waals surface area contributed by atoms with Crippen LogP contribution in [0.2, 0.25) is 0 Å². The normalized spacial score (nSPS) is 17.1. The van der Waals surface area contributed by atoms with E-state index >= 15 is 0 Å². The van der Waals surface area contributed by atoms with E-state index in [9.17, 15) is 4.79 Å². The Balaban J connectivity index is 2.02. The van der Waals surface area contributed by atoms with Gasteiger partial charge in [-0.25, -0.2) is 0 Å². The molecular weight excluding hydrogens is 266 g/mol. The van der Waals surface area contributed by atoms with E-state index in [1.807, 2.05) is 11.9 Å². The molecule has 2 heterocycles. The van der Waals surface area contributed by atoms with Gasteiger partial charge in [0.2, 0.25) is 0 Å². The Hall–Kier alpha value is -1.56. The van der Waals surface area contributed by atoms with Gasteiger partial charge in [0.1, 0.15) is 0 Å². The Kier molecular flexibility index (Phi) is 5.22. The number of carbonyl (C=O) groups is 1. The number of amides is 1. The molecule has 0 saturated carbocycles. The van der Waals surface area contributed by atoms with Crippen LogP contribution in [-0.4, -0.2) is 58.6 Å². The lowest BCUT2D eigenvalue weighted by molar-refractivity contribution is 0.0642. The van der Waals surface area contributed by atoms with Crippen LogP contribution in [0, 0.1) is 0 Å². The van der Waals surface area contributed by atoms with Crippen LogP contribution in [0.1, 0.15) is 49.3 Å². The summed E-state index contributed by atoms with van der Waals surface area (Å²) >= 11 is 0. The first-order chi connectivity index (χ1) is 10.1. The third kappa shape index (κ3) is 3.37. The Bertz CT molecular complexity index is 476. The zero-order valence-electron chi connectivity index (χ0n) is 13.4. The van der Waals surface area contributed by atoms with Crippen LogP contribution in [0.5, 0.6) is 0 Å². The lowest BCUT2D eigenvalue weighted by Gasteiger charge is -2.36. The molecule has 3 N–H and O–H groups in total. The first-order valence-electron chi connectivity index (χ1n) is 7.90. The lowest BCUT2D eigenvalue weighted by atomic mass is 10.0. The van der Waals surface area contributed by atoms with Crippen molar-refractivity contribution in [3.63, 3.8) is 0 Å². The van der Waals surface area contributed by atoms with Crippen LogP contribution in [0.15, 0.2) is 0 Å². The number of rotatable bonds is 5. The molecule has 0 atom stereocenters. The van der Waals surface area contributed by atoms with E-state index in [1.165, 1.54) is 0 Å². The van der Waals surface area contributed by atoms with Gasteiger partial charge in [-0.1, -0.05) is 20.3 Å². The zero-order valence-corrected chi connectivity index (χ0v) is 13.4. The summed E-state index contributed by atoms with van der Waals surface area (Å²) in [5.41, 5.74) is 7.81. The van der Waals surface area contributed by atoms with Crippen LogP contribution >= 0.6 is 0 Å². The first-order valence-corrected chi connectivity index (χ1v) is 7.90. The van der Waals surface area contributed by atoms with Crippen molar-refractivity contribution in [1.82, 2.24) is 20.0 Å². The highest BCUT2D eigenvalue weighted by Gasteiger charge is 2.28. The quantitative estimate of drug-likeness (QED) is 0.862. The highest BCUT2D eigenvalue weighted by atomic mass is 16.2. The van der Waals surface area contributed by atoms with E-state index in [2.05, 4.69) is 28.9 Å². The summed E-state index contributed by atoms with van der Waals surface area (Å²) in [6, 6.07) is 0.283. The number of aryl methyl sites for hydroxylation is 1. The second-order valence-electron chi connectivity index (χ2n) is 5.80. The van der Waals surface area contributed by atoms with Crippen LogP contribution in [-0.2, 0) is 6.42 Å². The van der Waals surface area contributed by atoms with Crippen molar-refractivity contribution in [2.45, 2.75) is 45.6 Å². The number of hydrogen-bond donors (Lipinski definition) is 2. The number of nitrogens with one attached hydrogen (secondary N) is 1. The van der Waals surface area contributed by atoms with Crippen molar-refractivity contribution >= 4 is 11.6 Å². The molecule has 1 saturated heterocycles.